The van der Waals surface area contributed by atoms with Gasteiger partial charge in [-0.2, -0.15) is 0 Å². The molecular formula is C5H4ClN3O2. The van der Waals surface area contributed by atoms with E-state index in [-0.39, 0.29) is 16.7 Å². The van der Waals surface area contributed by atoms with Crippen LogP contribution in [0.5, 0.6) is 0 Å². The van der Waals surface area contributed by atoms with Crippen molar-refractivity contribution >= 4 is 23.4 Å². The van der Waals surface area contributed by atoms with Crippen molar-refractivity contribution in [1.82, 2.24) is 9.97 Å². The molecule has 0 aliphatic rings. The molecule has 0 amide bonds. The largest absolute Gasteiger partial charge is 0.476 e. The van der Waals surface area contributed by atoms with Crippen molar-refractivity contribution in [3.05, 3.63) is 17.0 Å². The van der Waals surface area contributed by atoms with Gasteiger partial charge in [-0.1, -0.05) is 11.6 Å². The highest BCUT2D eigenvalue weighted by Gasteiger charge is 2.07. The van der Waals surface area contributed by atoms with Gasteiger partial charge in [-0.05, 0) is 0 Å². The second-order valence-electron chi connectivity index (χ2n) is 1.74. The molecule has 0 saturated carbocycles. The van der Waals surface area contributed by atoms with Crippen LogP contribution in [0, 0.1) is 0 Å². The van der Waals surface area contributed by atoms with E-state index in [4.69, 9.17) is 22.4 Å². The number of anilines is 1. The van der Waals surface area contributed by atoms with Gasteiger partial charge in [0.05, 0.1) is 6.20 Å². The van der Waals surface area contributed by atoms with E-state index in [2.05, 4.69) is 9.97 Å². The fourth-order valence-electron chi connectivity index (χ4n) is 0.479. The summed E-state index contributed by atoms with van der Waals surface area (Å²) in [6, 6.07) is 0. The maximum Gasteiger partial charge on any atom is 0.356 e. The van der Waals surface area contributed by atoms with Gasteiger partial charge in [0, 0.05) is 0 Å². The van der Waals surface area contributed by atoms with E-state index >= 15 is 0 Å². The number of carbonyl (C=O) groups is 1. The summed E-state index contributed by atoms with van der Waals surface area (Å²) in [7, 11) is 0. The fourth-order valence-corrected chi connectivity index (χ4v) is 0.619. The molecule has 0 saturated heterocycles. The van der Waals surface area contributed by atoms with Crippen LogP contribution in [0.25, 0.3) is 0 Å². The first kappa shape index (κ1) is 7.74. The highest BCUT2D eigenvalue weighted by atomic mass is 35.5. The molecule has 6 heteroatoms. The molecule has 0 atom stereocenters. The van der Waals surface area contributed by atoms with Gasteiger partial charge in [0.1, 0.15) is 0 Å². The molecular weight excluding hydrogens is 170 g/mol. The molecule has 0 unspecified atom stereocenters. The quantitative estimate of drug-likeness (QED) is 0.642. The van der Waals surface area contributed by atoms with Gasteiger partial charge in [-0.25, -0.2) is 14.8 Å². The van der Waals surface area contributed by atoms with E-state index in [1.54, 1.807) is 0 Å². The Kier molecular flexibility index (Phi) is 1.91. The number of aromatic carboxylic acids is 1. The van der Waals surface area contributed by atoms with E-state index < -0.39 is 5.97 Å². The molecule has 0 aromatic carbocycles. The van der Waals surface area contributed by atoms with Crippen LogP contribution in [0.4, 0.5) is 5.82 Å². The molecule has 0 fully saturated rings. The first-order chi connectivity index (χ1) is 5.11. The number of hydrogen-bond acceptors (Lipinski definition) is 4. The zero-order valence-electron chi connectivity index (χ0n) is 5.28. The number of nitrogens with zero attached hydrogens (tertiary/aromatic N) is 2. The van der Waals surface area contributed by atoms with Gasteiger partial charge in [0.15, 0.2) is 16.7 Å². The molecule has 0 radical (unpaired) electrons. The van der Waals surface area contributed by atoms with Crippen LogP contribution in [0.1, 0.15) is 10.5 Å². The van der Waals surface area contributed by atoms with Crippen molar-refractivity contribution in [2.24, 2.45) is 0 Å². The smallest absolute Gasteiger partial charge is 0.356 e. The fraction of sp³-hybridized carbons (Fsp3) is 0. The van der Waals surface area contributed by atoms with E-state index in [0.29, 0.717) is 0 Å². The van der Waals surface area contributed by atoms with Crippen molar-refractivity contribution < 1.29 is 9.90 Å². The standard InChI is InChI=1S/C5H4ClN3O2/c6-3-4(7)8-1-2(9-3)5(10)11/h1H,(H2,7,8)(H,10,11). The molecule has 0 aliphatic heterocycles. The van der Waals surface area contributed by atoms with Gasteiger partial charge >= 0.3 is 5.97 Å². The Morgan fingerprint density at radius 1 is 1.73 bits per heavy atom. The zero-order valence-corrected chi connectivity index (χ0v) is 6.04. The SMILES string of the molecule is Nc1ncc(C(=O)O)nc1Cl. The van der Waals surface area contributed by atoms with Crippen LogP contribution in [0.3, 0.4) is 0 Å². The lowest BCUT2D eigenvalue weighted by Gasteiger charge is -1.95. The summed E-state index contributed by atoms with van der Waals surface area (Å²) >= 11 is 5.40. The van der Waals surface area contributed by atoms with Crippen molar-refractivity contribution in [2.75, 3.05) is 5.73 Å². The summed E-state index contributed by atoms with van der Waals surface area (Å²) in [6.45, 7) is 0. The Balaban J connectivity index is 3.15. The lowest BCUT2D eigenvalue weighted by molar-refractivity contribution is 0.0690. The third kappa shape index (κ3) is 1.56. The Bertz CT molecular complexity index is 302. The van der Waals surface area contributed by atoms with Gasteiger partial charge in [0.25, 0.3) is 0 Å². The monoisotopic (exact) mass is 173 g/mol. The molecule has 3 N–H and O–H groups in total. The van der Waals surface area contributed by atoms with Gasteiger partial charge in [0.2, 0.25) is 0 Å². The number of nitrogen functional groups attached to an aromatic ring is 1. The number of carboxylic acids is 1. The van der Waals surface area contributed by atoms with Gasteiger partial charge in [-0.15, -0.1) is 0 Å². The van der Waals surface area contributed by atoms with E-state index in [1.165, 1.54) is 0 Å². The second-order valence-corrected chi connectivity index (χ2v) is 2.09. The molecule has 5 nitrogen and oxygen atoms in total. The summed E-state index contributed by atoms with van der Waals surface area (Å²) in [6.07, 6.45) is 1.05. The van der Waals surface area contributed by atoms with Crippen LogP contribution >= 0.6 is 11.6 Å². The summed E-state index contributed by atoms with van der Waals surface area (Å²) in [4.78, 5) is 17.2. The van der Waals surface area contributed by atoms with Crippen LogP contribution in [-0.2, 0) is 0 Å². The van der Waals surface area contributed by atoms with Crippen LogP contribution in [0.15, 0.2) is 6.20 Å². The summed E-state index contributed by atoms with van der Waals surface area (Å²) in [5.74, 6) is -1.16. The maximum absolute atomic E-state index is 10.3. The van der Waals surface area contributed by atoms with Crippen molar-refractivity contribution in [2.45, 2.75) is 0 Å². The molecule has 1 heterocycles. The number of nitrogens with two attached hydrogens (primary N) is 1. The lowest BCUT2D eigenvalue weighted by Crippen LogP contribution is -2.03. The molecule has 0 spiro atoms. The summed E-state index contributed by atoms with van der Waals surface area (Å²) < 4.78 is 0. The van der Waals surface area contributed by atoms with E-state index in [9.17, 15) is 4.79 Å². The highest BCUT2D eigenvalue weighted by molar-refractivity contribution is 6.31. The Morgan fingerprint density at radius 3 is 2.82 bits per heavy atom. The van der Waals surface area contributed by atoms with Crippen LogP contribution < -0.4 is 5.73 Å². The number of carboxylic acid groups (broad SMARTS) is 1. The highest BCUT2D eigenvalue weighted by Crippen LogP contribution is 2.11. The molecule has 1 rings (SSSR count). The molecule has 0 aliphatic carbocycles. The Labute approximate surface area is 66.8 Å². The third-order valence-corrected chi connectivity index (χ3v) is 1.25. The second kappa shape index (κ2) is 2.71. The molecule has 1 aromatic heterocycles. The predicted molar refractivity (Wildman–Crippen MR) is 38.4 cm³/mol. The van der Waals surface area contributed by atoms with Crippen molar-refractivity contribution in [3.63, 3.8) is 0 Å². The number of aromatic nitrogens is 2. The third-order valence-electron chi connectivity index (χ3n) is 0.975. The van der Waals surface area contributed by atoms with Gasteiger partial charge < -0.3 is 10.8 Å². The minimum Gasteiger partial charge on any atom is -0.476 e. The average Bonchev–Trinajstić information content (AvgIpc) is 1.94. The van der Waals surface area contributed by atoms with Crippen molar-refractivity contribution in [1.29, 1.82) is 0 Å². The van der Waals surface area contributed by atoms with Crippen molar-refractivity contribution in [3.8, 4) is 0 Å². The topological polar surface area (TPSA) is 89.1 Å². The predicted octanol–water partition coefficient (Wildman–Crippen LogP) is 0.410. The van der Waals surface area contributed by atoms with E-state index in [0.717, 1.165) is 6.20 Å². The lowest BCUT2D eigenvalue weighted by atomic mass is 10.4. The molecule has 58 valence electrons. The minimum atomic E-state index is -1.18. The maximum atomic E-state index is 10.3. The van der Waals surface area contributed by atoms with Crippen LogP contribution in [-0.4, -0.2) is 21.0 Å². The number of hydrogen-bond donors (Lipinski definition) is 2. The first-order valence-electron chi connectivity index (χ1n) is 2.62. The summed E-state index contributed by atoms with van der Waals surface area (Å²) in [5.41, 5.74) is 4.97. The van der Waals surface area contributed by atoms with Crippen LogP contribution in [0.2, 0.25) is 5.15 Å². The molecule has 1 aromatic rings. The zero-order chi connectivity index (χ0) is 8.43. The van der Waals surface area contributed by atoms with Gasteiger partial charge in [-0.3, -0.25) is 0 Å². The number of halogens is 1. The molecule has 0 bridgehead atoms. The molecule has 11 heavy (non-hydrogen) atoms. The Morgan fingerprint density at radius 2 is 2.36 bits per heavy atom. The Hall–Kier alpha value is -1.36. The minimum absolute atomic E-state index is 0.0247. The summed E-state index contributed by atoms with van der Waals surface area (Å²) in [5, 5.41) is 8.31. The number of rotatable bonds is 1. The first-order valence-corrected chi connectivity index (χ1v) is 3.00. The average molecular weight is 174 g/mol. The normalized spacial score (nSPS) is 9.55. The van der Waals surface area contributed by atoms with E-state index in [1.807, 2.05) is 0 Å².